The number of likely N-dealkylation sites (N-methyl/N-ethyl adjacent to an activating group) is 1. The molecule has 8 nitrogen and oxygen atoms in total. The molecule has 0 aromatic carbocycles. The van der Waals surface area contributed by atoms with E-state index in [1.54, 1.807) is 0 Å². The molecule has 0 spiro atoms. The first kappa shape index (κ1) is 16.7. The third kappa shape index (κ3) is 3.60. The lowest BCUT2D eigenvalue weighted by Gasteiger charge is -2.34. The van der Waals surface area contributed by atoms with E-state index in [0.29, 0.717) is 18.1 Å². The van der Waals surface area contributed by atoms with Gasteiger partial charge in [0.15, 0.2) is 0 Å². The van der Waals surface area contributed by atoms with Crippen LogP contribution in [-0.2, 0) is 13.0 Å². The fraction of sp³-hybridized carbons (Fsp3) is 0.444. The summed E-state index contributed by atoms with van der Waals surface area (Å²) in [5.74, 6) is 1.10. The minimum Gasteiger partial charge on any atom is -0.369 e. The van der Waals surface area contributed by atoms with Gasteiger partial charge in [-0.2, -0.15) is 10.1 Å². The molecule has 0 N–H and O–H groups in total. The van der Waals surface area contributed by atoms with E-state index in [-0.39, 0.29) is 0 Å². The fourth-order valence-corrected chi connectivity index (χ4v) is 3.08. The van der Waals surface area contributed by atoms with E-state index < -0.39 is 0 Å². The number of pyridine rings is 1. The molecule has 3 aromatic heterocycles. The zero-order valence-corrected chi connectivity index (χ0v) is 15.2. The van der Waals surface area contributed by atoms with Gasteiger partial charge in [-0.15, -0.1) is 0 Å². The lowest BCUT2D eigenvalue weighted by molar-refractivity contribution is 0.313. The van der Waals surface area contributed by atoms with Crippen molar-refractivity contribution in [2.45, 2.75) is 19.9 Å². The first-order valence-electron chi connectivity index (χ1n) is 8.95. The molecule has 136 valence electrons. The van der Waals surface area contributed by atoms with Gasteiger partial charge in [0, 0.05) is 50.8 Å². The highest BCUT2D eigenvalue weighted by molar-refractivity contribution is 5.58. The molecule has 1 aliphatic rings. The molecule has 0 amide bonds. The summed E-state index contributed by atoms with van der Waals surface area (Å²) >= 11 is 0. The molecule has 0 aliphatic carbocycles. The second-order valence-corrected chi connectivity index (χ2v) is 6.58. The first-order valence-corrected chi connectivity index (χ1v) is 8.95. The van der Waals surface area contributed by atoms with Gasteiger partial charge < -0.3 is 14.3 Å². The van der Waals surface area contributed by atoms with Crippen molar-refractivity contribution in [3.8, 4) is 11.5 Å². The van der Waals surface area contributed by atoms with Crippen LogP contribution in [0.25, 0.3) is 11.5 Å². The van der Waals surface area contributed by atoms with E-state index in [9.17, 15) is 0 Å². The van der Waals surface area contributed by atoms with E-state index in [0.717, 1.165) is 49.7 Å². The molecule has 1 aliphatic heterocycles. The van der Waals surface area contributed by atoms with E-state index in [1.807, 2.05) is 35.4 Å². The van der Waals surface area contributed by atoms with Crippen molar-refractivity contribution >= 4 is 5.69 Å². The molecule has 8 heteroatoms. The molecule has 0 bridgehead atoms. The Hall–Kier alpha value is -2.74. The maximum atomic E-state index is 5.41. The number of aryl methyl sites for hydroxylation is 1. The Morgan fingerprint density at radius 2 is 2.04 bits per heavy atom. The van der Waals surface area contributed by atoms with E-state index in [2.05, 4.69) is 44.0 Å². The lowest BCUT2D eigenvalue weighted by Crippen LogP contribution is -2.44. The van der Waals surface area contributed by atoms with Crippen LogP contribution in [0.3, 0.4) is 0 Å². The monoisotopic (exact) mass is 353 g/mol. The molecule has 1 saturated heterocycles. The molecule has 4 heterocycles. The summed E-state index contributed by atoms with van der Waals surface area (Å²) in [6.45, 7) is 7.06. The molecule has 0 radical (unpaired) electrons. The third-order valence-electron chi connectivity index (χ3n) is 4.68. The molecule has 4 rings (SSSR count). The average Bonchev–Trinajstić information content (AvgIpc) is 3.32. The minimum absolute atomic E-state index is 0.527. The molecule has 1 fully saturated rings. The van der Waals surface area contributed by atoms with Gasteiger partial charge in [0.25, 0.3) is 0 Å². The van der Waals surface area contributed by atoms with Crippen molar-refractivity contribution in [3.05, 3.63) is 42.2 Å². The number of hydrogen-bond acceptors (Lipinski definition) is 7. The quantitative estimate of drug-likeness (QED) is 0.691. The fourth-order valence-electron chi connectivity index (χ4n) is 3.08. The van der Waals surface area contributed by atoms with Crippen LogP contribution in [0.2, 0.25) is 0 Å². The van der Waals surface area contributed by atoms with Crippen LogP contribution in [0.15, 0.2) is 35.2 Å². The third-order valence-corrected chi connectivity index (χ3v) is 4.68. The van der Waals surface area contributed by atoms with Crippen molar-refractivity contribution in [1.29, 1.82) is 0 Å². The number of anilines is 1. The van der Waals surface area contributed by atoms with Crippen LogP contribution in [0.1, 0.15) is 18.4 Å². The van der Waals surface area contributed by atoms with Gasteiger partial charge in [-0.05, 0) is 31.7 Å². The van der Waals surface area contributed by atoms with Gasteiger partial charge in [0.1, 0.15) is 5.69 Å². The Morgan fingerprint density at radius 3 is 2.81 bits per heavy atom. The van der Waals surface area contributed by atoms with Gasteiger partial charge in [-0.25, -0.2) is 0 Å². The Balaban J connectivity index is 1.49. The Morgan fingerprint density at radius 1 is 1.19 bits per heavy atom. The largest absolute Gasteiger partial charge is 0.369 e. The first-order chi connectivity index (χ1) is 12.7. The van der Waals surface area contributed by atoms with Crippen LogP contribution in [0.5, 0.6) is 0 Å². The van der Waals surface area contributed by atoms with Crippen molar-refractivity contribution < 1.29 is 4.52 Å². The van der Waals surface area contributed by atoms with Crippen LogP contribution in [0, 0.1) is 0 Å². The van der Waals surface area contributed by atoms with Crippen molar-refractivity contribution in [3.63, 3.8) is 0 Å². The highest BCUT2D eigenvalue weighted by Crippen LogP contribution is 2.22. The van der Waals surface area contributed by atoms with Crippen molar-refractivity contribution in [2.24, 2.45) is 0 Å². The summed E-state index contributed by atoms with van der Waals surface area (Å²) in [6, 6.07) is 4.07. The SMILES string of the molecule is CCn1cc(Cc2nc(-c3cc(N4CCN(C)CC4)ccn3)no2)cn1. The highest BCUT2D eigenvalue weighted by atomic mass is 16.5. The zero-order chi connectivity index (χ0) is 17.9. The normalized spacial score (nSPS) is 15.5. The Kier molecular flexibility index (Phi) is 4.66. The second-order valence-electron chi connectivity index (χ2n) is 6.58. The maximum Gasteiger partial charge on any atom is 0.231 e. The number of aromatic nitrogens is 5. The second kappa shape index (κ2) is 7.25. The Labute approximate surface area is 152 Å². The summed E-state index contributed by atoms with van der Waals surface area (Å²) in [7, 11) is 2.15. The topological polar surface area (TPSA) is 76.1 Å². The number of piperazine rings is 1. The van der Waals surface area contributed by atoms with E-state index in [1.165, 1.54) is 0 Å². The van der Waals surface area contributed by atoms with Crippen molar-refractivity contribution in [1.82, 2.24) is 29.8 Å². The molecule has 0 atom stereocenters. The standard InChI is InChI=1S/C18H23N7O/c1-3-25-13-14(12-20-25)10-17-21-18(22-26-17)16-11-15(4-5-19-16)24-8-6-23(2)7-9-24/h4-5,11-13H,3,6-10H2,1-2H3. The smallest absolute Gasteiger partial charge is 0.231 e. The van der Waals surface area contributed by atoms with Crippen LogP contribution < -0.4 is 4.90 Å². The summed E-state index contributed by atoms with van der Waals surface area (Å²) < 4.78 is 7.29. The van der Waals surface area contributed by atoms with Crippen LogP contribution >= 0.6 is 0 Å². The van der Waals surface area contributed by atoms with Gasteiger partial charge in [-0.1, -0.05) is 5.16 Å². The average molecular weight is 353 g/mol. The van der Waals surface area contributed by atoms with Crippen LogP contribution in [-0.4, -0.2) is 63.0 Å². The Bertz CT molecular complexity index is 864. The molecule has 3 aromatic rings. The van der Waals surface area contributed by atoms with Gasteiger partial charge >= 0.3 is 0 Å². The predicted octanol–water partition coefficient (Wildman–Crippen LogP) is 1.69. The van der Waals surface area contributed by atoms with Crippen LogP contribution in [0.4, 0.5) is 5.69 Å². The van der Waals surface area contributed by atoms with E-state index in [4.69, 9.17) is 4.52 Å². The predicted molar refractivity (Wildman–Crippen MR) is 97.9 cm³/mol. The van der Waals surface area contributed by atoms with Crippen molar-refractivity contribution in [2.75, 3.05) is 38.1 Å². The van der Waals surface area contributed by atoms with Gasteiger partial charge in [0.05, 0.1) is 12.6 Å². The summed E-state index contributed by atoms with van der Waals surface area (Å²) in [5, 5.41) is 8.38. The van der Waals surface area contributed by atoms with E-state index >= 15 is 0 Å². The minimum atomic E-state index is 0.527. The molecule has 26 heavy (non-hydrogen) atoms. The lowest BCUT2D eigenvalue weighted by atomic mass is 10.2. The van der Waals surface area contributed by atoms with Gasteiger partial charge in [0.2, 0.25) is 11.7 Å². The maximum absolute atomic E-state index is 5.41. The molecular formula is C18H23N7O. The zero-order valence-electron chi connectivity index (χ0n) is 15.2. The summed E-state index contributed by atoms with van der Waals surface area (Å²) in [4.78, 5) is 13.6. The molecule has 0 saturated carbocycles. The van der Waals surface area contributed by atoms with Gasteiger partial charge in [-0.3, -0.25) is 9.67 Å². The highest BCUT2D eigenvalue weighted by Gasteiger charge is 2.17. The molecular weight excluding hydrogens is 330 g/mol. The number of hydrogen-bond donors (Lipinski definition) is 0. The number of nitrogens with zero attached hydrogens (tertiary/aromatic N) is 7. The summed E-state index contributed by atoms with van der Waals surface area (Å²) in [5.41, 5.74) is 2.94. The molecule has 0 unspecified atom stereocenters. The number of rotatable bonds is 5. The summed E-state index contributed by atoms with van der Waals surface area (Å²) in [6.07, 6.45) is 6.21.